The molecule has 0 atom stereocenters. The molecule has 1 aromatic heterocycles. The maximum atomic E-state index is 13.0. The highest BCUT2D eigenvalue weighted by atomic mass is 32.1. The Morgan fingerprint density at radius 1 is 1.13 bits per heavy atom. The molecule has 162 valence electrons. The first-order chi connectivity index (χ1) is 14.8. The van der Waals surface area contributed by atoms with E-state index in [2.05, 4.69) is 28.5 Å². The van der Waals surface area contributed by atoms with E-state index in [4.69, 9.17) is 10.5 Å². The average Bonchev–Trinajstić information content (AvgIpc) is 3.46. The van der Waals surface area contributed by atoms with E-state index in [1.807, 2.05) is 12.1 Å². The third-order valence-corrected chi connectivity index (χ3v) is 6.30. The Morgan fingerprint density at radius 2 is 1.84 bits per heavy atom. The highest BCUT2D eigenvalue weighted by Gasteiger charge is 2.21. The SMILES string of the molecule is C=C(OC)c1ccc(C(=O)NNC(C)=C(N)C(=O)C(=NC)c2ccc3c(c2)CCC3)s1. The van der Waals surface area contributed by atoms with Gasteiger partial charge in [-0.1, -0.05) is 18.7 Å². The Labute approximate surface area is 185 Å². The van der Waals surface area contributed by atoms with Crippen molar-refractivity contribution in [1.82, 2.24) is 10.9 Å². The molecule has 0 saturated heterocycles. The van der Waals surface area contributed by atoms with E-state index in [0.29, 0.717) is 22.0 Å². The average molecular weight is 439 g/mol. The van der Waals surface area contributed by atoms with Crippen molar-refractivity contribution in [2.24, 2.45) is 10.7 Å². The summed E-state index contributed by atoms with van der Waals surface area (Å²) in [5, 5.41) is 0. The molecule has 0 fully saturated rings. The molecule has 0 aliphatic heterocycles. The summed E-state index contributed by atoms with van der Waals surface area (Å²) in [6.07, 6.45) is 3.20. The van der Waals surface area contributed by atoms with Crippen LogP contribution in [0.25, 0.3) is 5.76 Å². The van der Waals surface area contributed by atoms with Crippen molar-refractivity contribution in [2.45, 2.75) is 26.2 Å². The number of ketones is 1. The summed E-state index contributed by atoms with van der Waals surface area (Å²) in [5.41, 5.74) is 15.3. The molecular weight excluding hydrogens is 412 g/mol. The van der Waals surface area contributed by atoms with Gasteiger partial charge in [-0.3, -0.25) is 20.0 Å². The number of aliphatic imine (C=N–C) groups is 1. The Kier molecular flexibility index (Phi) is 6.91. The monoisotopic (exact) mass is 438 g/mol. The van der Waals surface area contributed by atoms with Gasteiger partial charge in [0.05, 0.1) is 22.6 Å². The van der Waals surface area contributed by atoms with Crippen LogP contribution < -0.4 is 16.6 Å². The van der Waals surface area contributed by atoms with Crippen LogP contribution in [0.1, 0.15) is 44.6 Å². The number of fused-ring (bicyclic) bond motifs is 1. The third-order valence-electron chi connectivity index (χ3n) is 5.17. The molecule has 4 N–H and O–H groups in total. The van der Waals surface area contributed by atoms with Crippen molar-refractivity contribution in [2.75, 3.05) is 14.2 Å². The zero-order chi connectivity index (χ0) is 22.5. The van der Waals surface area contributed by atoms with Crippen molar-refractivity contribution < 1.29 is 14.3 Å². The molecular formula is C23H26N4O3S. The van der Waals surface area contributed by atoms with E-state index < -0.39 is 5.78 Å². The van der Waals surface area contributed by atoms with Crippen LogP contribution in [-0.2, 0) is 22.4 Å². The normalized spacial score (nSPS) is 13.8. The van der Waals surface area contributed by atoms with Gasteiger partial charge in [-0.05, 0) is 55.5 Å². The molecule has 7 nitrogen and oxygen atoms in total. The van der Waals surface area contributed by atoms with Crippen LogP contribution in [0.4, 0.5) is 0 Å². The maximum Gasteiger partial charge on any atom is 0.279 e. The number of hydrazine groups is 1. The number of hydrogen-bond acceptors (Lipinski definition) is 7. The number of aryl methyl sites for hydroxylation is 2. The van der Waals surface area contributed by atoms with Crippen molar-refractivity contribution >= 4 is 34.5 Å². The number of nitrogens with one attached hydrogen (secondary N) is 2. The van der Waals surface area contributed by atoms with Crippen molar-refractivity contribution in [3.63, 3.8) is 0 Å². The lowest BCUT2D eigenvalue weighted by molar-refractivity contribution is -0.109. The summed E-state index contributed by atoms with van der Waals surface area (Å²) in [6, 6.07) is 9.40. The fourth-order valence-electron chi connectivity index (χ4n) is 3.37. The van der Waals surface area contributed by atoms with E-state index in [-0.39, 0.29) is 11.6 Å². The highest BCUT2D eigenvalue weighted by Crippen LogP contribution is 2.24. The Morgan fingerprint density at radius 3 is 2.55 bits per heavy atom. The number of thiophene rings is 1. The van der Waals surface area contributed by atoms with Crippen LogP contribution in [-0.4, -0.2) is 31.6 Å². The van der Waals surface area contributed by atoms with E-state index in [0.717, 1.165) is 29.7 Å². The van der Waals surface area contributed by atoms with Crippen molar-refractivity contribution in [3.05, 3.63) is 74.7 Å². The van der Waals surface area contributed by atoms with Gasteiger partial charge in [-0.15, -0.1) is 11.3 Å². The van der Waals surface area contributed by atoms with Gasteiger partial charge in [0.1, 0.15) is 17.2 Å². The van der Waals surface area contributed by atoms with Crippen LogP contribution in [0, 0.1) is 0 Å². The standard InChI is InChI=1S/C23H26N4O3S/c1-13(26-27-23(29)19-11-10-18(31-19)14(2)30-4)20(24)22(28)21(25-3)17-9-8-15-6-5-7-16(15)12-17/h8-12,26H,2,5-7,24H2,1,3-4H3,(H,27,29). The number of ether oxygens (including phenoxy) is 1. The smallest absolute Gasteiger partial charge is 0.279 e. The second-order valence-electron chi connectivity index (χ2n) is 7.15. The fraction of sp³-hybridized carbons (Fsp3) is 0.261. The second-order valence-corrected chi connectivity index (χ2v) is 8.23. The van der Waals surface area contributed by atoms with Gasteiger partial charge < -0.3 is 15.9 Å². The Balaban J connectivity index is 1.69. The number of methoxy groups -OCH3 is 1. The summed E-state index contributed by atoms with van der Waals surface area (Å²) in [4.78, 5) is 30.7. The summed E-state index contributed by atoms with van der Waals surface area (Å²) >= 11 is 1.25. The van der Waals surface area contributed by atoms with Gasteiger partial charge in [0.15, 0.2) is 0 Å². The molecule has 1 aromatic carbocycles. The van der Waals surface area contributed by atoms with Gasteiger partial charge in [-0.25, -0.2) is 0 Å². The lowest BCUT2D eigenvalue weighted by Gasteiger charge is -2.12. The summed E-state index contributed by atoms with van der Waals surface area (Å²) in [5.74, 6) is -0.266. The van der Waals surface area contributed by atoms with Crippen LogP contribution >= 0.6 is 11.3 Å². The summed E-state index contributed by atoms with van der Waals surface area (Å²) in [7, 11) is 3.09. The van der Waals surface area contributed by atoms with E-state index in [1.54, 1.807) is 26.1 Å². The molecule has 3 rings (SSSR count). The van der Waals surface area contributed by atoms with E-state index in [9.17, 15) is 9.59 Å². The second kappa shape index (κ2) is 9.61. The minimum absolute atomic E-state index is 0.0129. The first-order valence-electron chi connectivity index (χ1n) is 9.85. The number of amides is 1. The van der Waals surface area contributed by atoms with Crippen molar-refractivity contribution in [1.29, 1.82) is 0 Å². The minimum atomic E-state index is -0.394. The third kappa shape index (κ3) is 4.86. The number of nitrogens with zero attached hydrogens (tertiary/aromatic N) is 1. The summed E-state index contributed by atoms with van der Waals surface area (Å²) < 4.78 is 5.08. The predicted octanol–water partition coefficient (Wildman–Crippen LogP) is 2.97. The molecule has 1 amide bonds. The maximum absolute atomic E-state index is 13.0. The number of nitrogens with two attached hydrogens (primary N) is 1. The molecule has 31 heavy (non-hydrogen) atoms. The molecule has 0 radical (unpaired) electrons. The van der Waals surface area contributed by atoms with Gasteiger partial charge in [0, 0.05) is 12.6 Å². The van der Waals surface area contributed by atoms with E-state index >= 15 is 0 Å². The molecule has 1 aliphatic rings. The molecule has 0 unspecified atom stereocenters. The number of carbonyl (C=O) groups is 2. The van der Waals surface area contributed by atoms with Crippen LogP contribution in [0.5, 0.6) is 0 Å². The lowest BCUT2D eigenvalue weighted by atomic mass is 9.99. The van der Waals surface area contributed by atoms with Gasteiger partial charge in [-0.2, -0.15) is 0 Å². The molecule has 1 aliphatic carbocycles. The largest absolute Gasteiger partial charge is 0.496 e. The van der Waals surface area contributed by atoms with Crippen LogP contribution in [0.2, 0.25) is 0 Å². The number of rotatable bonds is 8. The number of carbonyl (C=O) groups excluding carboxylic acids is 2. The lowest BCUT2D eigenvalue weighted by Crippen LogP contribution is -2.38. The number of allylic oxidation sites excluding steroid dienone is 2. The molecule has 2 aromatic rings. The zero-order valence-electron chi connectivity index (χ0n) is 17.9. The predicted molar refractivity (Wildman–Crippen MR) is 124 cm³/mol. The zero-order valence-corrected chi connectivity index (χ0v) is 18.7. The van der Waals surface area contributed by atoms with Crippen molar-refractivity contribution in [3.8, 4) is 0 Å². The first-order valence-corrected chi connectivity index (χ1v) is 10.7. The minimum Gasteiger partial charge on any atom is -0.496 e. The fourth-order valence-corrected chi connectivity index (χ4v) is 4.22. The summed E-state index contributed by atoms with van der Waals surface area (Å²) in [6.45, 7) is 5.39. The number of hydrogen-bond donors (Lipinski definition) is 3. The molecule has 8 heteroatoms. The van der Waals surface area contributed by atoms with E-state index in [1.165, 1.54) is 29.6 Å². The number of benzene rings is 1. The molecule has 0 spiro atoms. The quantitative estimate of drug-likeness (QED) is 0.254. The number of Topliss-reactive ketones (excluding diaryl/α,β-unsaturated/α-hetero) is 1. The highest BCUT2D eigenvalue weighted by molar-refractivity contribution is 7.15. The molecule has 1 heterocycles. The topological polar surface area (TPSA) is 106 Å². The van der Waals surface area contributed by atoms with Crippen LogP contribution in [0.15, 0.2) is 53.3 Å². The van der Waals surface area contributed by atoms with Gasteiger partial charge in [0.2, 0.25) is 5.78 Å². The van der Waals surface area contributed by atoms with Gasteiger partial charge in [0.25, 0.3) is 5.91 Å². The van der Waals surface area contributed by atoms with Crippen LogP contribution in [0.3, 0.4) is 0 Å². The molecule has 0 bridgehead atoms. The van der Waals surface area contributed by atoms with Gasteiger partial charge >= 0.3 is 0 Å². The first kappa shape index (κ1) is 22.3. The Bertz CT molecular complexity index is 1100. The Hall–Kier alpha value is -3.39. The molecule has 0 saturated carbocycles.